The molecule has 2 amide bonds. The monoisotopic (exact) mass is 503 g/mol. The van der Waals surface area contributed by atoms with Crippen molar-refractivity contribution in [1.29, 1.82) is 0 Å². The van der Waals surface area contributed by atoms with Gasteiger partial charge in [0.2, 0.25) is 11.8 Å². The number of amides is 2. The van der Waals surface area contributed by atoms with Gasteiger partial charge in [0.05, 0.1) is 12.1 Å². The first kappa shape index (κ1) is 25.8. The molecule has 0 aliphatic carbocycles. The maximum atomic E-state index is 14.4. The highest BCUT2D eigenvalue weighted by molar-refractivity contribution is 6.01. The zero-order chi connectivity index (χ0) is 26.6. The van der Waals surface area contributed by atoms with Gasteiger partial charge in [0.15, 0.2) is 0 Å². The Kier molecular flexibility index (Phi) is 7.52. The van der Waals surface area contributed by atoms with Crippen molar-refractivity contribution in [2.24, 2.45) is 0 Å². The molecular weight excluding hydrogens is 473 g/mol. The number of aromatic nitrogens is 3. The summed E-state index contributed by atoms with van der Waals surface area (Å²) in [7, 11) is 0. The first-order valence-electron chi connectivity index (χ1n) is 12.1. The van der Waals surface area contributed by atoms with Gasteiger partial charge in [0.25, 0.3) is 0 Å². The number of carbonyl (C=O) groups excluding carboxylic acids is 2. The molecule has 0 bridgehead atoms. The van der Waals surface area contributed by atoms with Crippen LogP contribution in [0.15, 0.2) is 72.8 Å². The van der Waals surface area contributed by atoms with E-state index in [2.05, 4.69) is 15.6 Å². The first-order valence-corrected chi connectivity index (χ1v) is 12.1. The lowest BCUT2D eigenvalue weighted by molar-refractivity contribution is -0.128. The Morgan fingerprint density at radius 2 is 1.78 bits per heavy atom. The molecule has 192 valence electrons. The number of rotatable bonds is 8. The number of hydrogen-bond donors (Lipinski definition) is 1. The molecule has 0 fully saturated rings. The van der Waals surface area contributed by atoms with E-state index in [1.54, 1.807) is 36.4 Å². The molecule has 0 aliphatic rings. The Balaban J connectivity index is 1.81. The van der Waals surface area contributed by atoms with Crippen LogP contribution in [0, 0.1) is 5.82 Å². The molecule has 37 heavy (non-hydrogen) atoms. The Morgan fingerprint density at radius 1 is 1.05 bits per heavy atom. The molecule has 0 saturated carbocycles. The molecule has 0 unspecified atom stereocenters. The standard InChI is InChI=1S/C28H30FN5O3/c1-5-37-22-15-13-19(14-16-22)26(27(36)30-28(2,3)4)34(21-10-8-9-20(29)17-21)25(35)18-33-24-12-7-6-11-23(24)31-32-33/h6-17,26H,5,18H2,1-4H3,(H,30,36)/t26-/m0/s1. The van der Waals surface area contributed by atoms with E-state index >= 15 is 0 Å². The summed E-state index contributed by atoms with van der Waals surface area (Å²) in [5.41, 5.74) is 1.54. The third kappa shape index (κ3) is 6.11. The molecule has 8 nitrogen and oxygen atoms in total. The second-order valence-corrected chi connectivity index (χ2v) is 9.62. The first-order chi connectivity index (χ1) is 17.7. The van der Waals surface area contributed by atoms with Crippen molar-refractivity contribution in [2.75, 3.05) is 11.5 Å². The van der Waals surface area contributed by atoms with Crippen LogP contribution in [-0.2, 0) is 16.1 Å². The van der Waals surface area contributed by atoms with Gasteiger partial charge >= 0.3 is 0 Å². The lowest BCUT2D eigenvalue weighted by Gasteiger charge is -2.34. The number of halogens is 1. The third-order valence-electron chi connectivity index (χ3n) is 5.57. The zero-order valence-electron chi connectivity index (χ0n) is 21.3. The number of anilines is 1. The van der Waals surface area contributed by atoms with Crippen molar-refractivity contribution in [3.63, 3.8) is 0 Å². The Hall–Kier alpha value is -4.27. The number of para-hydroxylation sites is 1. The molecule has 0 saturated heterocycles. The minimum absolute atomic E-state index is 0.201. The summed E-state index contributed by atoms with van der Waals surface area (Å²) in [6.07, 6.45) is 0. The van der Waals surface area contributed by atoms with E-state index in [9.17, 15) is 14.0 Å². The summed E-state index contributed by atoms with van der Waals surface area (Å²) in [6, 6.07) is 18.8. The number of carbonyl (C=O) groups is 2. The van der Waals surface area contributed by atoms with Crippen LogP contribution in [0.4, 0.5) is 10.1 Å². The molecule has 1 atom stereocenters. The fourth-order valence-corrected chi connectivity index (χ4v) is 4.07. The summed E-state index contributed by atoms with van der Waals surface area (Å²) >= 11 is 0. The maximum absolute atomic E-state index is 14.4. The lowest BCUT2D eigenvalue weighted by Crippen LogP contribution is -2.50. The van der Waals surface area contributed by atoms with Crippen LogP contribution in [0.2, 0.25) is 0 Å². The van der Waals surface area contributed by atoms with Crippen molar-refractivity contribution < 1.29 is 18.7 Å². The molecule has 1 heterocycles. The van der Waals surface area contributed by atoms with E-state index in [1.165, 1.54) is 27.8 Å². The molecule has 4 aromatic rings. The van der Waals surface area contributed by atoms with Gasteiger partial charge in [-0.3, -0.25) is 14.5 Å². The summed E-state index contributed by atoms with van der Waals surface area (Å²) in [5, 5.41) is 11.2. The smallest absolute Gasteiger partial charge is 0.249 e. The Morgan fingerprint density at radius 3 is 2.46 bits per heavy atom. The van der Waals surface area contributed by atoms with Gasteiger partial charge in [0.1, 0.15) is 29.7 Å². The van der Waals surface area contributed by atoms with Gasteiger partial charge in [-0.15, -0.1) is 5.10 Å². The lowest BCUT2D eigenvalue weighted by atomic mass is 10.0. The molecule has 0 aliphatic heterocycles. The van der Waals surface area contributed by atoms with Crippen molar-refractivity contribution >= 4 is 28.5 Å². The third-order valence-corrected chi connectivity index (χ3v) is 5.57. The Labute approximate surface area is 215 Å². The molecule has 1 N–H and O–H groups in total. The molecule has 4 rings (SSSR count). The van der Waals surface area contributed by atoms with E-state index < -0.39 is 29.2 Å². The highest BCUT2D eigenvalue weighted by Crippen LogP contribution is 2.31. The summed E-state index contributed by atoms with van der Waals surface area (Å²) in [5.74, 6) is -0.746. The molecule has 0 spiro atoms. The minimum Gasteiger partial charge on any atom is -0.494 e. The fourth-order valence-electron chi connectivity index (χ4n) is 4.07. The SMILES string of the molecule is CCOc1ccc([C@@H](C(=O)NC(C)(C)C)N(C(=O)Cn2nnc3ccccc32)c2cccc(F)c2)cc1. The van der Waals surface area contributed by atoms with Gasteiger partial charge in [0, 0.05) is 11.2 Å². The molecule has 3 aromatic carbocycles. The molecular formula is C28H30FN5O3. The van der Waals surface area contributed by atoms with Crippen molar-refractivity contribution in [1.82, 2.24) is 20.3 Å². The number of ether oxygens (including phenoxy) is 1. The summed E-state index contributed by atoms with van der Waals surface area (Å²) in [6.45, 7) is 7.74. The highest BCUT2D eigenvalue weighted by Gasteiger charge is 2.35. The van der Waals surface area contributed by atoms with Crippen LogP contribution < -0.4 is 15.0 Å². The minimum atomic E-state index is -1.08. The number of hydrogen-bond acceptors (Lipinski definition) is 5. The Bertz CT molecular complexity index is 1390. The average molecular weight is 504 g/mol. The van der Waals surface area contributed by atoms with E-state index in [1.807, 2.05) is 45.9 Å². The second-order valence-electron chi connectivity index (χ2n) is 9.62. The number of nitrogens with zero attached hydrogens (tertiary/aromatic N) is 4. The predicted molar refractivity (Wildman–Crippen MR) is 140 cm³/mol. The van der Waals surface area contributed by atoms with Crippen LogP contribution >= 0.6 is 0 Å². The van der Waals surface area contributed by atoms with Gasteiger partial charge in [-0.25, -0.2) is 9.07 Å². The second kappa shape index (κ2) is 10.8. The molecule has 9 heteroatoms. The van der Waals surface area contributed by atoms with Crippen LogP contribution in [0.5, 0.6) is 5.75 Å². The number of fused-ring (bicyclic) bond motifs is 1. The van der Waals surface area contributed by atoms with E-state index in [4.69, 9.17) is 4.74 Å². The normalized spacial score (nSPS) is 12.2. The van der Waals surface area contributed by atoms with Crippen molar-refractivity contribution in [3.8, 4) is 5.75 Å². The van der Waals surface area contributed by atoms with Crippen LogP contribution in [-0.4, -0.2) is 39.0 Å². The topological polar surface area (TPSA) is 89.4 Å². The van der Waals surface area contributed by atoms with Crippen LogP contribution in [0.3, 0.4) is 0 Å². The van der Waals surface area contributed by atoms with Crippen molar-refractivity contribution in [2.45, 2.75) is 45.8 Å². The van der Waals surface area contributed by atoms with Gasteiger partial charge < -0.3 is 10.1 Å². The van der Waals surface area contributed by atoms with E-state index in [-0.39, 0.29) is 12.2 Å². The zero-order valence-corrected chi connectivity index (χ0v) is 21.3. The highest BCUT2D eigenvalue weighted by atomic mass is 19.1. The fraction of sp³-hybridized carbons (Fsp3) is 0.286. The largest absolute Gasteiger partial charge is 0.494 e. The van der Waals surface area contributed by atoms with Crippen molar-refractivity contribution in [3.05, 3.63) is 84.2 Å². The van der Waals surface area contributed by atoms with Gasteiger partial charge in [-0.1, -0.05) is 35.5 Å². The van der Waals surface area contributed by atoms with E-state index in [0.29, 0.717) is 29.0 Å². The predicted octanol–water partition coefficient (Wildman–Crippen LogP) is 4.66. The van der Waals surface area contributed by atoms with E-state index in [0.717, 1.165) is 0 Å². The quantitative estimate of drug-likeness (QED) is 0.378. The number of benzene rings is 3. The van der Waals surface area contributed by atoms with Gasteiger partial charge in [-0.05, 0) is 75.7 Å². The molecule has 1 aromatic heterocycles. The van der Waals surface area contributed by atoms with Crippen LogP contribution in [0.1, 0.15) is 39.3 Å². The summed E-state index contributed by atoms with van der Waals surface area (Å²) < 4.78 is 21.4. The summed E-state index contributed by atoms with van der Waals surface area (Å²) in [4.78, 5) is 29.0. The van der Waals surface area contributed by atoms with Gasteiger partial charge in [-0.2, -0.15) is 0 Å². The number of nitrogens with one attached hydrogen (secondary N) is 1. The maximum Gasteiger partial charge on any atom is 0.249 e. The van der Waals surface area contributed by atoms with Crippen LogP contribution in [0.25, 0.3) is 11.0 Å². The molecule has 0 radical (unpaired) electrons. The average Bonchev–Trinajstić information content (AvgIpc) is 3.25.